The minimum atomic E-state index is -0.711. The third-order valence-corrected chi connectivity index (χ3v) is 6.78. The number of thiophene rings is 1. The number of anilines is 1. The quantitative estimate of drug-likeness (QED) is 0.541. The van der Waals surface area contributed by atoms with E-state index in [9.17, 15) is 9.59 Å². The summed E-state index contributed by atoms with van der Waals surface area (Å²) in [6, 6.07) is 20.8. The van der Waals surface area contributed by atoms with Crippen LogP contribution in [0.1, 0.15) is 47.7 Å². The highest BCUT2D eigenvalue weighted by molar-refractivity contribution is 7.10. The Balaban J connectivity index is 1.75. The van der Waals surface area contributed by atoms with Crippen molar-refractivity contribution in [2.24, 2.45) is 0 Å². The summed E-state index contributed by atoms with van der Waals surface area (Å²) in [6.07, 6.45) is 4.55. The van der Waals surface area contributed by atoms with Crippen LogP contribution < -0.4 is 10.2 Å². The zero-order chi connectivity index (χ0) is 21.6. The van der Waals surface area contributed by atoms with Crippen molar-refractivity contribution < 1.29 is 9.59 Å². The minimum absolute atomic E-state index is 0.0801. The number of nitrogens with zero attached hydrogens (tertiary/aromatic N) is 1. The molecule has 0 aliphatic heterocycles. The number of carbonyl (C=O) groups excluding carboxylic acids is 2. The molecule has 1 aliphatic carbocycles. The maximum atomic E-state index is 13.7. The molecule has 160 valence electrons. The van der Waals surface area contributed by atoms with E-state index in [1.165, 1.54) is 0 Å². The fourth-order valence-corrected chi connectivity index (χ4v) is 5.01. The Morgan fingerprint density at radius 1 is 1.00 bits per heavy atom. The second-order valence-electron chi connectivity index (χ2n) is 8.10. The van der Waals surface area contributed by atoms with Gasteiger partial charge in [-0.1, -0.05) is 61.4 Å². The van der Waals surface area contributed by atoms with E-state index in [1.54, 1.807) is 16.2 Å². The van der Waals surface area contributed by atoms with Crippen LogP contribution in [0.5, 0.6) is 0 Å². The van der Waals surface area contributed by atoms with Gasteiger partial charge in [0.05, 0.1) is 6.42 Å². The highest BCUT2D eigenvalue weighted by atomic mass is 32.1. The first-order chi connectivity index (χ1) is 15.1. The highest BCUT2D eigenvalue weighted by Gasteiger charge is 2.35. The van der Waals surface area contributed by atoms with Gasteiger partial charge in [-0.2, -0.15) is 0 Å². The number of nitrogens with one attached hydrogen (secondary N) is 1. The zero-order valence-electron chi connectivity index (χ0n) is 17.8. The number of amides is 2. The van der Waals surface area contributed by atoms with Gasteiger partial charge in [0.1, 0.15) is 6.04 Å². The SMILES string of the molecule is Cc1ccccc1[C@@H](C(=O)NC1CCCC1)N(C(=O)Cc1cccs1)c1ccccc1. The average molecular weight is 433 g/mol. The van der Waals surface area contributed by atoms with Crippen molar-refractivity contribution in [1.82, 2.24) is 5.32 Å². The summed E-state index contributed by atoms with van der Waals surface area (Å²) in [4.78, 5) is 30.0. The smallest absolute Gasteiger partial charge is 0.248 e. The molecular formula is C26H28N2O2S. The molecule has 4 nitrogen and oxygen atoms in total. The molecule has 2 amide bonds. The predicted molar refractivity (Wildman–Crippen MR) is 126 cm³/mol. The molecular weight excluding hydrogens is 404 g/mol. The third kappa shape index (κ3) is 5.05. The van der Waals surface area contributed by atoms with E-state index in [2.05, 4.69) is 5.32 Å². The average Bonchev–Trinajstić information content (AvgIpc) is 3.47. The van der Waals surface area contributed by atoms with Gasteiger partial charge in [0, 0.05) is 16.6 Å². The fourth-order valence-electron chi connectivity index (χ4n) is 4.31. The van der Waals surface area contributed by atoms with Crippen molar-refractivity contribution in [3.05, 3.63) is 88.1 Å². The molecule has 1 aromatic heterocycles. The van der Waals surface area contributed by atoms with Crippen molar-refractivity contribution in [3.63, 3.8) is 0 Å². The van der Waals surface area contributed by atoms with Gasteiger partial charge in [-0.25, -0.2) is 0 Å². The van der Waals surface area contributed by atoms with Gasteiger partial charge >= 0.3 is 0 Å². The van der Waals surface area contributed by atoms with E-state index < -0.39 is 6.04 Å². The Morgan fingerprint density at radius 2 is 1.71 bits per heavy atom. The van der Waals surface area contributed by atoms with Crippen LogP contribution in [-0.4, -0.2) is 17.9 Å². The van der Waals surface area contributed by atoms with Gasteiger partial charge in [-0.3, -0.25) is 14.5 Å². The van der Waals surface area contributed by atoms with E-state index in [0.29, 0.717) is 0 Å². The first kappa shape index (κ1) is 21.3. The molecule has 3 aromatic rings. The molecule has 0 spiro atoms. The van der Waals surface area contributed by atoms with Gasteiger partial charge in [0.2, 0.25) is 11.8 Å². The van der Waals surface area contributed by atoms with Crippen molar-refractivity contribution in [1.29, 1.82) is 0 Å². The summed E-state index contributed by atoms with van der Waals surface area (Å²) >= 11 is 1.56. The number of hydrogen-bond donors (Lipinski definition) is 1. The summed E-state index contributed by atoms with van der Waals surface area (Å²) in [5.74, 6) is -0.187. The lowest BCUT2D eigenvalue weighted by molar-refractivity contribution is -0.127. The molecule has 0 saturated heterocycles. The molecule has 2 aromatic carbocycles. The summed E-state index contributed by atoms with van der Waals surface area (Å²) in [7, 11) is 0. The molecule has 1 atom stereocenters. The van der Waals surface area contributed by atoms with Gasteiger partial charge in [0.25, 0.3) is 0 Å². The molecule has 4 rings (SSSR count). The van der Waals surface area contributed by atoms with Crippen LogP contribution in [0.3, 0.4) is 0 Å². The predicted octanol–water partition coefficient (Wildman–Crippen LogP) is 5.43. The van der Waals surface area contributed by atoms with E-state index in [0.717, 1.165) is 47.4 Å². The minimum Gasteiger partial charge on any atom is -0.351 e. The molecule has 5 heteroatoms. The monoisotopic (exact) mass is 432 g/mol. The number of aryl methyl sites for hydroxylation is 1. The summed E-state index contributed by atoms with van der Waals surface area (Å²) in [5.41, 5.74) is 2.60. The van der Waals surface area contributed by atoms with Crippen molar-refractivity contribution in [2.75, 3.05) is 4.90 Å². The van der Waals surface area contributed by atoms with Crippen molar-refractivity contribution in [2.45, 2.75) is 51.1 Å². The maximum absolute atomic E-state index is 13.7. The van der Waals surface area contributed by atoms with E-state index >= 15 is 0 Å². The molecule has 0 radical (unpaired) electrons. The molecule has 1 saturated carbocycles. The molecule has 1 fully saturated rings. The summed E-state index contributed by atoms with van der Waals surface area (Å²) in [6.45, 7) is 2.00. The van der Waals surface area contributed by atoms with E-state index in [4.69, 9.17) is 0 Å². The topological polar surface area (TPSA) is 49.4 Å². The number of hydrogen-bond acceptors (Lipinski definition) is 3. The maximum Gasteiger partial charge on any atom is 0.248 e. The lowest BCUT2D eigenvalue weighted by atomic mass is 9.97. The number of para-hydroxylation sites is 1. The molecule has 1 aliphatic rings. The number of benzene rings is 2. The first-order valence-corrected chi connectivity index (χ1v) is 11.8. The van der Waals surface area contributed by atoms with Crippen molar-refractivity contribution in [3.8, 4) is 0 Å². The van der Waals surface area contributed by atoms with Gasteiger partial charge in [-0.15, -0.1) is 11.3 Å². The molecule has 31 heavy (non-hydrogen) atoms. The number of carbonyl (C=O) groups is 2. The van der Waals surface area contributed by atoms with Crippen LogP contribution in [-0.2, 0) is 16.0 Å². The van der Waals surface area contributed by atoms with Gasteiger partial charge in [0.15, 0.2) is 0 Å². The van der Waals surface area contributed by atoms with E-state index in [-0.39, 0.29) is 24.3 Å². The van der Waals surface area contributed by atoms with Crippen LogP contribution in [0, 0.1) is 6.92 Å². The lowest BCUT2D eigenvalue weighted by Gasteiger charge is -2.33. The van der Waals surface area contributed by atoms with E-state index in [1.807, 2.05) is 79.0 Å². The molecule has 1 N–H and O–H groups in total. The fraction of sp³-hybridized carbons (Fsp3) is 0.308. The normalized spacial score (nSPS) is 14.9. The number of rotatable bonds is 7. The Bertz CT molecular complexity index is 1010. The molecule has 0 unspecified atom stereocenters. The van der Waals surface area contributed by atoms with Crippen molar-refractivity contribution >= 4 is 28.8 Å². The zero-order valence-corrected chi connectivity index (χ0v) is 18.6. The Labute approximate surface area is 187 Å². The summed E-state index contributed by atoms with van der Waals surface area (Å²) in [5, 5.41) is 5.21. The van der Waals surface area contributed by atoms with Gasteiger partial charge < -0.3 is 5.32 Å². The molecule has 0 bridgehead atoms. The summed E-state index contributed by atoms with van der Waals surface area (Å²) < 4.78 is 0. The third-order valence-electron chi connectivity index (χ3n) is 5.90. The van der Waals surface area contributed by atoms with Crippen LogP contribution in [0.4, 0.5) is 5.69 Å². The standard InChI is InChI=1S/C26H28N2O2S/c1-19-10-5-8-16-23(19)25(26(30)27-20-11-6-7-12-20)28(21-13-3-2-4-14-21)24(29)18-22-15-9-17-31-22/h2-5,8-10,13-17,20,25H,6-7,11-12,18H2,1H3,(H,27,30)/t25-/m0/s1. The highest BCUT2D eigenvalue weighted by Crippen LogP contribution is 2.31. The first-order valence-electron chi connectivity index (χ1n) is 10.9. The van der Waals surface area contributed by atoms with Gasteiger partial charge in [-0.05, 0) is 54.5 Å². The van der Waals surface area contributed by atoms with Crippen LogP contribution >= 0.6 is 11.3 Å². The molecule has 1 heterocycles. The van der Waals surface area contributed by atoms with Crippen LogP contribution in [0.15, 0.2) is 72.1 Å². The van der Waals surface area contributed by atoms with Crippen LogP contribution in [0.25, 0.3) is 0 Å². The largest absolute Gasteiger partial charge is 0.351 e. The lowest BCUT2D eigenvalue weighted by Crippen LogP contribution is -2.47. The van der Waals surface area contributed by atoms with Crippen LogP contribution in [0.2, 0.25) is 0 Å². The second kappa shape index (κ2) is 9.92. The Kier molecular flexibility index (Phi) is 6.82. The Hall–Kier alpha value is -2.92. The Morgan fingerprint density at radius 3 is 2.39 bits per heavy atom. The second-order valence-corrected chi connectivity index (χ2v) is 9.14.